The maximum Gasteiger partial charge on any atom is 0.277 e. The van der Waals surface area contributed by atoms with Gasteiger partial charge in [-0.1, -0.05) is 31.2 Å². The van der Waals surface area contributed by atoms with Crippen LogP contribution in [0.15, 0.2) is 24.3 Å². The van der Waals surface area contributed by atoms with Gasteiger partial charge < -0.3 is 0 Å². The average Bonchev–Trinajstić information content (AvgIpc) is 2.03. The van der Waals surface area contributed by atoms with E-state index < -0.39 is 6.69 Å². The molecule has 0 aromatic heterocycles. The van der Waals surface area contributed by atoms with E-state index in [0.29, 0.717) is 0 Å². The molecule has 1 rings (SSSR count). The van der Waals surface area contributed by atoms with E-state index in [0.717, 1.165) is 11.6 Å². The third-order valence-corrected chi connectivity index (χ3v) is 4.53. The molecule has 0 amide bonds. The van der Waals surface area contributed by atoms with Gasteiger partial charge >= 0.3 is 0 Å². The van der Waals surface area contributed by atoms with Crippen molar-refractivity contribution in [2.75, 3.05) is 0 Å². The Hall–Kier alpha value is 0.0169. The van der Waals surface area contributed by atoms with Crippen LogP contribution in [0.25, 0.3) is 0 Å². The van der Waals surface area contributed by atoms with Crippen LogP contribution in [-0.2, 0) is 6.42 Å². The lowest BCUT2D eigenvalue weighted by Crippen LogP contribution is -2.32. The van der Waals surface area contributed by atoms with Gasteiger partial charge in [-0.05, 0) is 23.7 Å². The first-order chi connectivity index (χ1) is 5.54. The Bertz CT molecular complexity index is 248. The van der Waals surface area contributed by atoms with Gasteiger partial charge in [0.2, 0.25) is 0 Å². The Balaban J connectivity index is 2.93. The predicted octanol–water partition coefficient (Wildman–Crippen LogP) is 3.01. The van der Waals surface area contributed by atoms with Gasteiger partial charge in [0.05, 0.1) is 0 Å². The molecule has 66 valence electrons. The van der Waals surface area contributed by atoms with Gasteiger partial charge in [-0.3, -0.25) is 0 Å². The molecule has 0 spiro atoms. The molecule has 0 aliphatic rings. The minimum atomic E-state index is -2.12. The second kappa shape index (κ2) is 3.82. The van der Waals surface area contributed by atoms with Crippen LogP contribution in [-0.4, -0.2) is 6.69 Å². The van der Waals surface area contributed by atoms with E-state index in [2.05, 4.69) is 19.1 Å². The second-order valence-corrected chi connectivity index (χ2v) is 10.4. The first kappa shape index (κ1) is 10.1. The van der Waals surface area contributed by atoms with Gasteiger partial charge in [0.25, 0.3) is 6.69 Å². The van der Waals surface area contributed by atoms with Crippen LogP contribution in [0.5, 0.6) is 0 Å². The number of benzene rings is 1. The summed E-state index contributed by atoms with van der Waals surface area (Å²) in [6.07, 6.45) is 1.06. The van der Waals surface area contributed by atoms with Gasteiger partial charge in [-0.15, -0.1) is 22.2 Å². The van der Waals surface area contributed by atoms with Gasteiger partial charge in [0.15, 0.2) is 0 Å². The molecule has 0 bridgehead atoms. The standard InChI is InChI=1S/C9H12Cl2Si/c1-3-8-4-6-9(7-5-8)12(2,10)11/h4-7H,3H2,1-2H3. The lowest BCUT2D eigenvalue weighted by atomic mass is 10.2. The monoisotopic (exact) mass is 218 g/mol. The lowest BCUT2D eigenvalue weighted by molar-refractivity contribution is 1.14. The summed E-state index contributed by atoms with van der Waals surface area (Å²) in [4.78, 5) is 0. The summed E-state index contributed by atoms with van der Waals surface area (Å²) >= 11 is 12.1. The van der Waals surface area contributed by atoms with Crippen LogP contribution in [0.4, 0.5) is 0 Å². The highest BCUT2D eigenvalue weighted by Gasteiger charge is 2.23. The zero-order valence-electron chi connectivity index (χ0n) is 7.27. The Morgan fingerprint density at radius 3 is 2.00 bits per heavy atom. The van der Waals surface area contributed by atoms with Crippen LogP contribution in [0, 0.1) is 0 Å². The highest BCUT2D eigenvalue weighted by molar-refractivity contribution is 7.50. The van der Waals surface area contributed by atoms with E-state index >= 15 is 0 Å². The van der Waals surface area contributed by atoms with E-state index in [4.69, 9.17) is 22.2 Å². The summed E-state index contributed by atoms with van der Waals surface area (Å²) in [6, 6.07) is 8.24. The molecular formula is C9H12Cl2Si. The molecule has 0 aliphatic carbocycles. The summed E-state index contributed by atoms with van der Waals surface area (Å²) in [5, 5.41) is 1.09. The Kier molecular flexibility index (Phi) is 3.21. The fourth-order valence-corrected chi connectivity index (χ4v) is 2.54. The van der Waals surface area contributed by atoms with E-state index in [9.17, 15) is 0 Å². The molecule has 0 nitrogen and oxygen atoms in total. The summed E-state index contributed by atoms with van der Waals surface area (Å²) in [5.74, 6) is 0. The molecule has 0 aliphatic heterocycles. The number of hydrogen-bond donors (Lipinski definition) is 0. The second-order valence-electron chi connectivity index (χ2n) is 2.94. The highest BCUT2D eigenvalue weighted by Crippen LogP contribution is 2.14. The molecule has 0 atom stereocenters. The fraction of sp³-hybridized carbons (Fsp3) is 0.333. The predicted molar refractivity (Wildman–Crippen MR) is 58.8 cm³/mol. The summed E-state index contributed by atoms with van der Waals surface area (Å²) < 4.78 is 0. The molecule has 0 N–H and O–H groups in total. The van der Waals surface area contributed by atoms with E-state index in [1.54, 1.807) is 0 Å². The van der Waals surface area contributed by atoms with E-state index in [1.165, 1.54) is 5.56 Å². The summed E-state index contributed by atoms with van der Waals surface area (Å²) in [7, 11) is 0. The molecule has 1 aromatic carbocycles. The first-order valence-electron chi connectivity index (χ1n) is 4.01. The largest absolute Gasteiger partial charge is 0.277 e. The van der Waals surface area contributed by atoms with Crippen molar-refractivity contribution in [2.24, 2.45) is 0 Å². The van der Waals surface area contributed by atoms with Crippen LogP contribution >= 0.6 is 22.2 Å². The smallest absolute Gasteiger partial charge is 0.140 e. The Morgan fingerprint density at radius 1 is 1.17 bits per heavy atom. The zero-order valence-corrected chi connectivity index (χ0v) is 9.78. The van der Waals surface area contributed by atoms with Crippen LogP contribution in [0.1, 0.15) is 12.5 Å². The van der Waals surface area contributed by atoms with Crippen molar-refractivity contribution in [1.82, 2.24) is 0 Å². The molecule has 0 radical (unpaired) electrons. The quantitative estimate of drug-likeness (QED) is 0.529. The van der Waals surface area contributed by atoms with Crippen LogP contribution in [0.2, 0.25) is 6.55 Å². The summed E-state index contributed by atoms with van der Waals surface area (Å²) in [5.41, 5.74) is 1.32. The molecule has 0 heterocycles. The third kappa shape index (κ3) is 2.51. The molecule has 1 aromatic rings. The fourth-order valence-electron chi connectivity index (χ4n) is 1.03. The normalized spacial score (nSPS) is 11.7. The maximum absolute atomic E-state index is 6.06. The summed E-state index contributed by atoms with van der Waals surface area (Å²) in [6.45, 7) is 1.92. The van der Waals surface area contributed by atoms with E-state index in [1.807, 2.05) is 18.7 Å². The Morgan fingerprint density at radius 2 is 1.67 bits per heavy atom. The molecule has 12 heavy (non-hydrogen) atoms. The highest BCUT2D eigenvalue weighted by atomic mass is 35.7. The molecule has 0 fully saturated rings. The minimum Gasteiger partial charge on any atom is -0.140 e. The third-order valence-electron chi connectivity index (χ3n) is 1.87. The van der Waals surface area contributed by atoms with Gasteiger partial charge in [-0.25, -0.2) is 0 Å². The molecule has 0 saturated carbocycles. The minimum absolute atomic E-state index is 1.06. The zero-order chi connectivity index (χ0) is 9.19. The van der Waals surface area contributed by atoms with Crippen molar-refractivity contribution in [2.45, 2.75) is 19.9 Å². The maximum atomic E-state index is 6.06. The number of halogens is 2. The van der Waals surface area contributed by atoms with Gasteiger partial charge in [0, 0.05) is 0 Å². The average molecular weight is 219 g/mol. The van der Waals surface area contributed by atoms with Crippen molar-refractivity contribution < 1.29 is 0 Å². The Labute approximate surface area is 83.9 Å². The van der Waals surface area contributed by atoms with Crippen molar-refractivity contribution in [1.29, 1.82) is 0 Å². The molecule has 3 heteroatoms. The van der Waals surface area contributed by atoms with Crippen molar-refractivity contribution in [3.05, 3.63) is 29.8 Å². The molecular weight excluding hydrogens is 207 g/mol. The SMILES string of the molecule is CCc1ccc([Si](C)(Cl)Cl)cc1. The van der Waals surface area contributed by atoms with Gasteiger partial charge in [-0.2, -0.15) is 0 Å². The van der Waals surface area contributed by atoms with Crippen LogP contribution < -0.4 is 5.19 Å². The van der Waals surface area contributed by atoms with Crippen molar-refractivity contribution in [3.63, 3.8) is 0 Å². The van der Waals surface area contributed by atoms with Gasteiger partial charge in [0.1, 0.15) is 0 Å². The lowest BCUT2D eigenvalue weighted by Gasteiger charge is -2.10. The molecule has 0 saturated heterocycles. The number of hydrogen-bond acceptors (Lipinski definition) is 0. The van der Waals surface area contributed by atoms with E-state index in [-0.39, 0.29) is 0 Å². The first-order valence-corrected chi connectivity index (χ1v) is 8.53. The number of rotatable bonds is 2. The van der Waals surface area contributed by atoms with Crippen LogP contribution in [0.3, 0.4) is 0 Å². The topological polar surface area (TPSA) is 0 Å². The number of aryl methyl sites for hydroxylation is 1. The van der Waals surface area contributed by atoms with Crippen molar-refractivity contribution >= 4 is 34.0 Å². The van der Waals surface area contributed by atoms with Crippen molar-refractivity contribution in [3.8, 4) is 0 Å². The molecule has 0 unspecified atom stereocenters.